The predicted molar refractivity (Wildman–Crippen MR) is 80.6 cm³/mol. The first-order valence-electron chi connectivity index (χ1n) is 6.38. The minimum Gasteiger partial charge on any atom is -0.457 e. The zero-order valence-electron chi connectivity index (χ0n) is 11.4. The van der Waals surface area contributed by atoms with Gasteiger partial charge in [-0.05, 0) is 41.8 Å². The third kappa shape index (κ3) is 3.19. The number of halogens is 2. The van der Waals surface area contributed by atoms with Crippen molar-refractivity contribution in [2.45, 2.75) is 26.4 Å². The zero-order chi connectivity index (χ0) is 14.7. The molecule has 0 heterocycles. The molecular weight excluding hydrogens is 323 g/mol. The van der Waals surface area contributed by atoms with Gasteiger partial charge in [-0.15, -0.1) is 0 Å². The fourth-order valence-electron chi connectivity index (χ4n) is 1.97. The summed E-state index contributed by atoms with van der Waals surface area (Å²) < 4.78 is 20.4. The molecule has 0 radical (unpaired) electrons. The van der Waals surface area contributed by atoms with Crippen molar-refractivity contribution in [3.05, 3.63) is 57.8 Å². The van der Waals surface area contributed by atoms with E-state index in [2.05, 4.69) is 29.8 Å². The van der Waals surface area contributed by atoms with Crippen LogP contribution < -0.4 is 4.74 Å². The van der Waals surface area contributed by atoms with E-state index in [1.165, 1.54) is 6.07 Å². The summed E-state index contributed by atoms with van der Waals surface area (Å²) in [4.78, 5) is 0. The van der Waals surface area contributed by atoms with E-state index in [-0.39, 0.29) is 11.5 Å². The largest absolute Gasteiger partial charge is 0.457 e. The predicted octanol–water partition coefficient (Wildman–Crippen LogP) is 5.00. The van der Waals surface area contributed by atoms with Gasteiger partial charge in [0.15, 0.2) is 0 Å². The van der Waals surface area contributed by atoms with Crippen molar-refractivity contribution in [3.8, 4) is 11.5 Å². The van der Waals surface area contributed by atoms with Crippen LogP contribution in [0.25, 0.3) is 0 Å². The van der Waals surface area contributed by atoms with Crippen LogP contribution in [-0.4, -0.2) is 5.11 Å². The topological polar surface area (TPSA) is 29.5 Å². The summed E-state index contributed by atoms with van der Waals surface area (Å²) in [6.45, 7) is 3.73. The Morgan fingerprint density at radius 3 is 2.60 bits per heavy atom. The van der Waals surface area contributed by atoms with Gasteiger partial charge in [0.2, 0.25) is 0 Å². The van der Waals surface area contributed by atoms with Crippen molar-refractivity contribution in [2.24, 2.45) is 0 Å². The van der Waals surface area contributed by atoms with E-state index in [9.17, 15) is 9.50 Å². The Labute approximate surface area is 126 Å². The van der Waals surface area contributed by atoms with Crippen LogP contribution >= 0.6 is 15.9 Å². The Hall–Kier alpha value is -1.39. The number of aliphatic hydroxyl groups excluding tert-OH is 1. The van der Waals surface area contributed by atoms with Gasteiger partial charge in [-0.3, -0.25) is 0 Å². The van der Waals surface area contributed by atoms with E-state index in [0.717, 1.165) is 10.0 Å². The SMILES string of the molecule is CC(C)c1cc(Br)ccc1Oc1cccc(F)c1CO. The highest BCUT2D eigenvalue weighted by Gasteiger charge is 2.13. The van der Waals surface area contributed by atoms with Gasteiger partial charge >= 0.3 is 0 Å². The number of ether oxygens (including phenoxy) is 1. The van der Waals surface area contributed by atoms with Crippen LogP contribution in [0, 0.1) is 5.82 Å². The second-order valence-corrected chi connectivity index (χ2v) is 5.73. The summed E-state index contributed by atoms with van der Waals surface area (Å²) in [6, 6.07) is 10.2. The van der Waals surface area contributed by atoms with E-state index >= 15 is 0 Å². The lowest BCUT2D eigenvalue weighted by atomic mass is 10.0. The van der Waals surface area contributed by atoms with Crippen molar-refractivity contribution in [1.29, 1.82) is 0 Å². The molecule has 1 N–H and O–H groups in total. The standard InChI is InChI=1S/C16H16BrFO2/c1-10(2)12-8-11(17)6-7-16(12)20-15-5-3-4-14(18)13(15)9-19/h3-8,10,19H,9H2,1-2H3. The van der Waals surface area contributed by atoms with Crippen LogP contribution in [0.1, 0.15) is 30.9 Å². The second kappa shape index (κ2) is 6.37. The molecule has 20 heavy (non-hydrogen) atoms. The normalized spacial score (nSPS) is 10.9. The van der Waals surface area contributed by atoms with Gasteiger partial charge in [0.1, 0.15) is 17.3 Å². The molecule has 0 spiro atoms. The summed E-state index contributed by atoms with van der Waals surface area (Å²) >= 11 is 3.43. The highest BCUT2D eigenvalue weighted by molar-refractivity contribution is 9.10. The van der Waals surface area contributed by atoms with Gasteiger partial charge in [0.05, 0.1) is 12.2 Å². The maximum absolute atomic E-state index is 13.6. The summed E-state index contributed by atoms with van der Waals surface area (Å²) in [5, 5.41) is 9.27. The Balaban J connectivity index is 2.42. The van der Waals surface area contributed by atoms with E-state index < -0.39 is 12.4 Å². The highest BCUT2D eigenvalue weighted by atomic mass is 79.9. The number of aliphatic hydroxyl groups is 1. The van der Waals surface area contributed by atoms with Crippen molar-refractivity contribution in [1.82, 2.24) is 0 Å². The maximum atomic E-state index is 13.6. The molecular formula is C16H16BrFO2. The number of hydrogen-bond acceptors (Lipinski definition) is 2. The maximum Gasteiger partial charge on any atom is 0.135 e. The van der Waals surface area contributed by atoms with E-state index in [0.29, 0.717) is 11.5 Å². The Kier molecular flexibility index (Phi) is 4.78. The molecule has 0 saturated carbocycles. The molecule has 0 saturated heterocycles. The molecule has 0 fully saturated rings. The molecule has 0 aliphatic rings. The molecule has 0 aliphatic heterocycles. The molecule has 0 bridgehead atoms. The van der Waals surface area contributed by atoms with Gasteiger partial charge in [0.25, 0.3) is 0 Å². The fourth-order valence-corrected chi connectivity index (χ4v) is 2.35. The van der Waals surface area contributed by atoms with E-state index in [1.54, 1.807) is 12.1 Å². The van der Waals surface area contributed by atoms with Gasteiger partial charge in [-0.2, -0.15) is 0 Å². The first-order chi connectivity index (χ1) is 9.52. The van der Waals surface area contributed by atoms with Crippen LogP contribution in [0.15, 0.2) is 40.9 Å². The summed E-state index contributed by atoms with van der Waals surface area (Å²) in [5.41, 5.74) is 1.19. The summed E-state index contributed by atoms with van der Waals surface area (Å²) in [5.74, 6) is 0.821. The zero-order valence-corrected chi connectivity index (χ0v) is 12.9. The molecule has 2 rings (SSSR count). The van der Waals surface area contributed by atoms with Crippen molar-refractivity contribution >= 4 is 15.9 Å². The Bertz CT molecular complexity index is 611. The van der Waals surface area contributed by atoms with Crippen LogP contribution in [-0.2, 0) is 6.61 Å². The van der Waals surface area contributed by atoms with Crippen LogP contribution in [0.5, 0.6) is 11.5 Å². The first kappa shape index (κ1) is 15.0. The minimum absolute atomic E-state index is 0.171. The molecule has 106 valence electrons. The first-order valence-corrected chi connectivity index (χ1v) is 7.17. The van der Waals surface area contributed by atoms with Gasteiger partial charge < -0.3 is 9.84 Å². The molecule has 2 aromatic carbocycles. The molecule has 0 aromatic heterocycles. The van der Waals surface area contributed by atoms with Crippen molar-refractivity contribution in [2.75, 3.05) is 0 Å². The molecule has 2 nitrogen and oxygen atoms in total. The highest BCUT2D eigenvalue weighted by Crippen LogP contribution is 2.34. The quantitative estimate of drug-likeness (QED) is 0.850. The van der Waals surface area contributed by atoms with Crippen LogP contribution in [0.4, 0.5) is 4.39 Å². The van der Waals surface area contributed by atoms with Crippen molar-refractivity contribution < 1.29 is 14.2 Å². The van der Waals surface area contributed by atoms with E-state index in [1.807, 2.05) is 18.2 Å². The average Bonchev–Trinajstić information content (AvgIpc) is 2.41. The molecule has 4 heteroatoms. The third-order valence-corrected chi connectivity index (χ3v) is 3.54. The summed E-state index contributed by atoms with van der Waals surface area (Å²) in [7, 11) is 0. The van der Waals surface area contributed by atoms with Gasteiger partial charge in [-0.1, -0.05) is 35.8 Å². The molecule has 0 unspecified atom stereocenters. The summed E-state index contributed by atoms with van der Waals surface area (Å²) in [6.07, 6.45) is 0. The lowest BCUT2D eigenvalue weighted by molar-refractivity contribution is 0.269. The average molecular weight is 339 g/mol. The van der Waals surface area contributed by atoms with Gasteiger partial charge in [0, 0.05) is 4.47 Å². The lowest BCUT2D eigenvalue weighted by Crippen LogP contribution is -1.98. The molecule has 0 aliphatic carbocycles. The van der Waals surface area contributed by atoms with Gasteiger partial charge in [-0.25, -0.2) is 4.39 Å². The van der Waals surface area contributed by atoms with E-state index in [4.69, 9.17) is 4.74 Å². The molecule has 0 amide bonds. The number of benzene rings is 2. The second-order valence-electron chi connectivity index (χ2n) is 4.81. The number of hydrogen-bond donors (Lipinski definition) is 1. The molecule has 2 aromatic rings. The lowest BCUT2D eigenvalue weighted by Gasteiger charge is -2.16. The minimum atomic E-state index is -0.465. The number of rotatable bonds is 4. The smallest absolute Gasteiger partial charge is 0.135 e. The third-order valence-electron chi connectivity index (χ3n) is 3.05. The Morgan fingerprint density at radius 1 is 1.20 bits per heavy atom. The van der Waals surface area contributed by atoms with Crippen LogP contribution in [0.2, 0.25) is 0 Å². The van der Waals surface area contributed by atoms with Crippen LogP contribution in [0.3, 0.4) is 0 Å². The molecule has 0 atom stereocenters. The monoisotopic (exact) mass is 338 g/mol. The van der Waals surface area contributed by atoms with Crippen molar-refractivity contribution in [3.63, 3.8) is 0 Å². The fraction of sp³-hybridized carbons (Fsp3) is 0.250. The Morgan fingerprint density at radius 2 is 1.95 bits per heavy atom.